The van der Waals surface area contributed by atoms with Crippen LogP contribution in [0.1, 0.15) is 49.9 Å². The summed E-state index contributed by atoms with van der Waals surface area (Å²) in [6, 6.07) is 7.45. The minimum absolute atomic E-state index is 0.0734. The number of amides is 1. The minimum Gasteiger partial charge on any atom is -0.312 e. The molecule has 1 fully saturated rings. The van der Waals surface area contributed by atoms with Crippen LogP contribution in [0.5, 0.6) is 0 Å². The van der Waals surface area contributed by atoms with Gasteiger partial charge in [-0.1, -0.05) is 20.3 Å². The van der Waals surface area contributed by atoms with Crippen LogP contribution in [0.2, 0.25) is 0 Å². The molecule has 0 spiro atoms. The molecule has 3 nitrogen and oxygen atoms in total. The number of Topliss-reactive ketones (excluding diaryl/α,β-unsaturated/α-hetero) is 1. The second-order valence-electron chi connectivity index (χ2n) is 5.25. The number of hydrogen-bond acceptors (Lipinski definition) is 2. The lowest BCUT2D eigenvalue weighted by Crippen LogP contribution is -2.23. The number of rotatable bonds is 5. The van der Waals surface area contributed by atoms with E-state index in [1.165, 1.54) is 0 Å². The van der Waals surface area contributed by atoms with Crippen LogP contribution < -0.4 is 4.90 Å². The predicted molar refractivity (Wildman–Crippen MR) is 76.4 cm³/mol. The number of benzene rings is 1. The van der Waals surface area contributed by atoms with Crippen molar-refractivity contribution in [3.05, 3.63) is 29.8 Å². The van der Waals surface area contributed by atoms with Crippen LogP contribution in [0.4, 0.5) is 5.69 Å². The third-order valence-electron chi connectivity index (χ3n) is 3.71. The monoisotopic (exact) mass is 259 g/mol. The maximum atomic E-state index is 12.2. The molecule has 1 aliphatic rings. The standard InChI is InChI=1S/C16H21NO2/c1-3-5-12(2)16(19)13-7-9-14(10-8-13)17-11-4-6-15(17)18/h7-10,12H,3-6,11H2,1-2H3. The summed E-state index contributed by atoms with van der Waals surface area (Å²) >= 11 is 0. The lowest BCUT2D eigenvalue weighted by atomic mass is 9.95. The summed E-state index contributed by atoms with van der Waals surface area (Å²) in [6.45, 7) is 4.86. The minimum atomic E-state index is 0.0734. The van der Waals surface area contributed by atoms with Gasteiger partial charge in [0.15, 0.2) is 5.78 Å². The van der Waals surface area contributed by atoms with Crippen LogP contribution in [-0.4, -0.2) is 18.2 Å². The molecule has 1 heterocycles. The lowest BCUT2D eigenvalue weighted by molar-refractivity contribution is -0.117. The van der Waals surface area contributed by atoms with Crippen molar-refractivity contribution in [2.24, 2.45) is 5.92 Å². The molecule has 0 aliphatic carbocycles. The van der Waals surface area contributed by atoms with Crippen molar-refractivity contribution in [2.45, 2.75) is 39.5 Å². The highest BCUT2D eigenvalue weighted by Crippen LogP contribution is 2.23. The van der Waals surface area contributed by atoms with Crippen LogP contribution in [0.25, 0.3) is 0 Å². The average molecular weight is 259 g/mol. The van der Waals surface area contributed by atoms with Crippen molar-refractivity contribution in [3.8, 4) is 0 Å². The molecule has 1 aromatic carbocycles. The fraction of sp³-hybridized carbons (Fsp3) is 0.500. The molecule has 2 rings (SSSR count). The van der Waals surface area contributed by atoms with Gasteiger partial charge in [-0.25, -0.2) is 0 Å². The molecule has 0 radical (unpaired) electrons. The van der Waals surface area contributed by atoms with Gasteiger partial charge in [-0.05, 0) is 37.1 Å². The Morgan fingerprint density at radius 3 is 2.53 bits per heavy atom. The summed E-state index contributed by atoms with van der Waals surface area (Å²) in [7, 11) is 0. The number of ketones is 1. The molecule has 0 N–H and O–H groups in total. The molecule has 1 saturated heterocycles. The molecule has 0 bridgehead atoms. The van der Waals surface area contributed by atoms with Gasteiger partial charge < -0.3 is 4.90 Å². The molecule has 0 aromatic heterocycles. The normalized spacial score (nSPS) is 16.7. The molecule has 1 amide bonds. The van der Waals surface area contributed by atoms with Crippen LogP contribution in [-0.2, 0) is 4.79 Å². The SMILES string of the molecule is CCCC(C)C(=O)c1ccc(N2CCCC2=O)cc1. The van der Waals surface area contributed by atoms with E-state index in [4.69, 9.17) is 0 Å². The number of nitrogens with zero attached hydrogens (tertiary/aromatic N) is 1. The largest absolute Gasteiger partial charge is 0.312 e. The summed E-state index contributed by atoms with van der Waals surface area (Å²) in [5.41, 5.74) is 1.65. The molecule has 1 atom stereocenters. The van der Waals surface area contributed by atoms with E-state index in [9.17, 15) is 9.59 Å². The van der Waals surface area contributed by atoms with Crippen LogP contribution in [0.3, 0.4) is 0 Å². The van der Waals surface area contributed by atoms with Gasteiger partial charge in [-0.15, -0.1) is 0 Å². The molecule has 102 valence electrons. The van der Waals surface area contributed by atoms with E-state index in [0.29, 0.717) is 6.42 Å². The Labute approximate surface area is 114 Å². The third kappa shape index (κ3) is 3.03. The highest BCUT2D eigenvalue weighted by Gasteiger charge is 2.22. The van der Waals surface area contributed by atoms with Gasteiger partial charge in [0.1, 0.15) is 0 Å². The predicted octanol–water partition coefficient (Wildman–Crippen LogP) is 3.43. The number of anilines is 1. The van der Waals surface area contributed by atoms with Gasteiger partial charge in [-0.2, -0.15) is 0 Å². The van der Waals surface area contributed by atoms with Gasteiger partial charge in [-0.3, -0.25) is 9.59 Å². The van der Waals surface area contributed by atoms with Gasteiger partial charge in [0.25, 0.3) is 0 Å². The fourth-order valence-electron chi connectivity index (χ4n) is 2.58. The van der Waals surface area contributed by atoms with Crippen LogP contribution in [0.15, 0.2) is 24.3 Å². The first-order valence-corrected chi connectivity index (χ1v) is 7.08. The highest BCUT2D eigenvalue weighted by molar-refractivity contribution is 5.99. The Balaban J connectivity index is 2.10. The van der Waals surface area contributed by atoms with Crippen LogP contribution >= 0.6 is 0 Å². The number of hydrogen-bond donors (Lipinski definition) is 0. The zero-order valence-electron chi connectivity index (χ0n) is 11.7. The summed E-state index contributed by atoms with van der Waals surface area (Å²) in [5, 5.41) is 0. The first kappa shape index (κ1) is 13.8. The molecule has 3 heteroatoms. The van der Waals surface area contributed by atoms with E-state index in [0.717, 1.165) is 37.1 Å². The smallest absolute Gasteiger partial charge is 0.227 e. The third-order valence-corrected chi connectivity index (χ3v) is 3.71. The molecule has 19 heavy (non-hydrogen) atoms. The van der Waals surface area contributed by atoms with Crippen molar-refractivity contribution >= 4 is 17.4 Å². The van der Waals surface area contributed by atoms with E-state index in [-0.39, 0.29) is 17.6 Å². The lowest BCUT2D eigenvalue weighted by Gasteiger charge is -2.16. The Morgan fingerprint density at radius 1 is 1.32 bits per heavy atom. The van der Waals surface area contributed by atoms with Gasteiger partial charge in [0, 0.05) is 30.1 Å². The summed E-state index contributed by atoms with van der Waals surface area (Å²) in [6.07, 6.45) is 3.50. The first-order valence-electron chi connectivity index (χ1n) is 7.08. The molecule has 1 aliphatic heterocycles. The summed E-state index contributed by atoms with van der Waals surface area (Å²) in [4.78, 5) is 25.6. The Morgan fingerprint density at radius 2 is 2.00 bits per heavy atom. The van der Waals surface area contributed by atoms with E-state index < -0.39 is 0 Å². The summed E-state index contributed by atoms with van der Waals surface area (Å²) < 4.78 is 0. The number of carbonyl (C=O) groups is 2. The fourth-order valence-corrected chi connectivity index (χ4v) is 2.58. The summed E-state index contributed by atoms with van der Waals surface area (Å²) in [5.74, 6) is 0.448. The molecular weight excluding hydrogens is 238 g/mol. The van der Waals surface area contributed by atoms with Crippen molar-refractivity contribution in [1.29, 1.82) is 0 Å². The van der Waals surface area contributed by atoms with E-state index in [1.807, 2.05) is 31.2 Å². The maximum Gasteiger partial charge on any atom is 0.227 e. The zero-order valence-corrected chi connectivity index (χ0v) is 11.7. The topological polar surface area (TPSA) is 37.4 Å². The first-order chi connectivity index (χ1) is 9.13. The van der Waals surface area contributed by atoms with Gasteiger partial charge >= 0.3 is 0 Å². The van der Waals surface area contributed by atoms with Crippen molar-refractivity contribution in [3.63, 3.8) is 0 Å². The number of carbonyl (C=O) groups excluding carboxylic acids is 2. The molecular formula is C16H21NO2. The van der Waals surface area contributed by atoms with Crippen LogP contribution in [0, 0.1) is 5.92 Å². The second-order valence-corrected chi connectivity index (χ2v) is 5.25. The van der Waals surface area contributed by atoms with E-state index in [2.05, 4.69) is 6.92 Å². The quantitative estimate of drug-likeness (QED) is 0.760. The molecule has 1 aromatic rings. The Kier molecular flexibility index (Phi) is 4.35. The second kappa shape index (κ2) is 6.00. The van der Waals surface area contributed by atoms with Gasteiger partial charge in [0.2, 0.25) is 5.91 Å². The molecule has 1 unspecified atom stereocenters. The Bertz CT molecular complexity index is 464. The van der Waals surface area contributed by atoms with E-state index >= 15 is 0 Å². The average Bonchev–Trinajstić information content (AvgIpc) is 2.84. The maximum absolute atomic E-state index is 12.2. The molecule has 0 saturated carbocycles. The highest BCUT2D eigenvalue weighted by atomic mass is 16.2. The van der Waals surface area contributed by atoms with Gasteiger partial charge in [0.05, 0.1) is 0 Å². The Hall–Kier alpha value is -1.64. The van der Waals surface area contributed by atoms with E-state index in [1.54, 1.807) is 4.90 Å². The van der Waals surface area contributed by atoms with Crippen molar-refractivity contribution < 1.29 is 9.59 Å². The zero-order chi connectivity index (χ0) is 13.8. The van der Waals surface area contributed by atoms with Crippen molar-refractivity contribution in [1.82, 2.24) is 0 Å². The van der Waals surface area contributed by atoms with Crippen molar-refractivity contribution in [2.75, 3.05) is 11.4 Å².